The minimum Gasteiger partial charge on any atom is -0.308 e. The smallest absolute Gasteiger partial charge is 0.147 e. The van der Waals surface area contributed by atoms with E-state index in [2.05, 4.69) is 15.5 Å². The molecule has 1 aliphatic rings. The molecule has 0 aliphatic heterocycles. The van der Waals surface area contributed by atoms with Crippen molar-refractivity contribution in [1.82, 2.24) is 15.5 Å². The first-order valence-electron chi connectivity index (χ1n) is 6.04. The van der Waals surface area contributed by atoms with Crippen molar-refractivity contribution < 1.29 is 0 Å². The Bertz CT molecular complexity index is 563. The van der Waals surface area contributed by atoms with Gasteiger partial charge in [-0.25, -0.2) is 0 Å². The molecule has 1 aliphatic carbocycles. The second kappa shape index (κ2) is 4.96. The zero-order valence-corrected chi connectivity index (χ0v) is 11.7. The summed E-state index contributed by atoms with van der Waals surface area (Å²) in [5.41, 5.74) is 2.13. The van der Waals surface area contributed by atoms with Gasteiger partial charge in [0.25, 0.3) is 0 Å². The standard InChI is InChI=1S/C13H14ClN3S/c1-8-2-3-9(6-11(8)14)13-17-16-12(18-13)7-15-10-4-5-10/h2-3,6,10,15H,4-5,7H2,1H3. The molecule has 0 atom stereocenters. The number of rotatable bonds is 4. The van der Waals surface area contributed by atoms with Crippen molar-refractivity contribution in [1.29, 1.82) is 0 Å². The van der Waals surface area contributed by atoms with Gasteiger partial charge in [0.1, 0.15) is 10.0 Å². The van der Waals surface area contributed by atoms with Crippen molar-refractivity contribution in [2.75, 3.05) is 0 Å². The molecule has 0 unspecified atom stereocenters. The van der Waals surface area contributed by atoms with Crippen molar-refractivity contribution in [3.8, 4) is 10.6 Å². The van der Waals surface area contributed by atoms with Crippen molar-refractivity contribution in [3.63, 3.8) is 0 Å². The molecule has 3 nitrogen and oxygen atoms in total. The molecule has 0 amide bonds. The lowest BCUT2D eigenvalue weighted by atomic mass is 10.2. The fourth-order valence-corrected chi connectivity index (χ4v) is 2.65. The van der Waals surface area contributed by atoms with E-state index in [-0.39, 0.29) is 0 Å². The van der Waals surface area contributed by atoms with Crippen LogP contribution in [0.1, 0.15) is 23.4 Å². The van der Waals surface area contributed by atoms with Gasteiger partial charge >= 0.3 is 0 Å². The number of aryl methyl sites for hydroxylation is 1. The van der Waals surface area contributed by atoms with Crippen LogP contribution in [-0.4, -0.2) is 16.2 Å². The second-order valence-corrected chi connectivity index (χ2v) is 6.09. The molecule has 0 spiro atoms. The molecule has 2 aromatic rings. The summed E-state index contributed by atoms with van der Waals surface area (Å²) in [6.45, 7) is 2.82. The first kappa shape index (κ1) is 12.1. The Hall–Kier alpha value is -0.970. The number of nitrogens with one attached hydrogen (secondary N) is 1. The largest absolute Gasteiger partial charge is 0.308 e. The van der Waals surface area contributed by atoms with Crippen molar-refractivity contribution in [3.05, 3.63) is 33.8 Å². The normalized spacial score (nSPS) is 15.0. The lowest BCUT2D eigenvalue weighted by Gasteiger charge is -1.99. The molecule has 3 rings (SSSR count). The molecule has 1 N–H and O–H groups in total. The van der Waals surface area contributed by atoms with Crippen LogP contribution in [0.4, 0.5) is 0 Å². The van der Waals surface area contributed by atoms with Crippen LogP contribution >= 0.6 is 22.9 Å². The van der Waals surface area contributed by atoms with Gasteiger partial charge in [0.2, 0.25) is 0 Å². The summed E-state index contributed by atoms with van der Waals surface area (Å²) in [7, 11) is 0. The Kier molecular flexibility index (Phi) is 3.33. The van der Waals surface area contributed by atoms with E-state index >= 15 is 0 Å². The predicted octanol–water partition coefficient (Wildman–Crippen LogP) is 3.42. The molecular weight excluding hydrogens is 266 g/mol. The maximum Gasteiger partial charge on any atom is 0.147 e. The van der Waals surface area contributed by atoms with Crippen LogP contribution in [-0.2, 0) is 6.54 Å². The molecule has 0 bridgehead atoms. The van der Waals surface area contributed by atoms with E-state index in [0.717, 1.165) is 32.7 Å². The average molecular weight is 280 g/mol. The van der Waals surface area contributed by atoms with Gasteiger partial charge in [-0.2, -0.15) is 0 Å². The molecule has 5 heteroatoms. The summed E-state index contributed by atoms with van der Waals surface area (Å²) < 4.78 is 0. The SMILES string of the molecule is Cc1ccc(-c2nnc(CNC3CC3)s2)cc1Cl. The van der Waals surface area contributed by atoms with E-state index in [0.29, 0.717) is 6.04 Å². The predicted molar refractivity (Wildman–Crippen MR) is 75.0 cm³/mol. The Morgan fingerprint density at radius 2 is 2.22 bits per heavy atom. The Labute approximate surface area is 115 Å². The molecule has 18 heavy (non-hydrogen) atoms. The van der Waals surface area contributed by atoms with Gasteiger partial charge in [0.05, 0.1) is 0 Å². The van der Waals surface area contributed by atoms with Crippen LogP contribution in [0, 0.1) is 6.92 Å². The van der Waals surface area contributed by atoms with Crippen LogP contribution < -0.4 is 5.32 Å². The first-order valence-corrected chi connectivity index (χ1v) is 7.24. The van der Waals surface area contributed by atoms with E-state index in [9.17, 15) is 0 Å². The summed E-state index contributed by atoms with van der Waals surface area (Å²) >= 11 is 7.75. The average Bonchev–Trinajstić information content (AvgIpc) is 3.08. The van der Waals surface area contributed by atoms with Gasteiger partial charge in [-0.3, -0.25) is 0 Å². The molecule has 1 aromatic carbocycles. The van der Waals surface area contributed by atoms with Crippen LogP contribution in [0.25, 0.3) is 10.6 Å². The number of halogens is 1. The van der Waals surface area contributed by atoms with Crippen molar-refractivity contribution in [2.45, 2.75) is 32.4 Å². The van der Waals surface area contributed by atoms with E-state index in [1.54, 1.807) is 11.3 Å². The molecular formula is C13H14ClN3S. The van der Waals surface area contributed by atoms with Crippen molar-refractivity contribution >= 4 is 22.9 Å². The maximum absolute atomic E-state index is 6.13. The van der Waals surface area contributed by atoms with Gasteiger partial charge in [-0.1, -0.05) is 35.1 Å². The summed E-state index contributed by atoms with van der Waals surface area (Å²) in [6.07, 6.45) is 2.58. The van der Waals surface area contributed by atoms with E-state index in [1.807, 2.05) is 25.1 Å². The van der Waals surface area contributed by atoms with Gasteiger partial charge in [0.15, 0.2) is 0 Å². The molecule has 1 aromatic heterocycles. The molecule has 1 saturated carbocycles. The molecule has 0 saturated heterocycles. The number of aromatic nitrogens is 2. The third kappa shape index (κ3) is 2.71. The summed E-state index contributed by atoms with van der Waals surface area (Å²) in [4.78, 5) is 0. The third-order valence-electron chi connectivity index (χ3n) is 3.00. The number of benzene rings is 1. The molecule has 94 valence electrons. The van der Waals surface area contributed by atoms with Crippen LogP contribution in [0.5, 0.6) is 0 Å². The van der Waals surface area contributed by atoms with Crippen LogP contribution in [0.2, 0.25) is 5.02 Å². The lowest BCUT2D eigenvalue weighted by molar-refractivity contribution is 0.679. The fourth-order valence-electron chi connectivity index (χ4n) is 1.69. The zero-order chi connectivity index (χ0) is 12.5. The second-order valence-electron chi connectivity index (χ2n) is 4.62. The Morgan fingerprint density at radius 1 is 1.39 bits per heavy atom. The highest BCUT2D eigenvalue weighted by Gasteiger charge is 2.20. The fraction of sp³-hybridized carbons (Fsp3) is 0.385. The Balaban J connectivity index is 1.76. The van der Waals surface area contributed by atoms with Gasteiger partial charge < -0.3 is 5.32 Å². The van der Waals surface area contributed by atoms with Crippen LogP contribution in [0.15, 0.2) is 18.2 Å². The van der Waals surface area contributed by atoms with Crippen molar-refractivity contribution in [2.24, 2.45) is 0 Å². The Morgan fingerprint density at radius 3 is 2.94 bits per heavy atom. The monoisotopic (exact) mass is 279 g/mol. The molecule has 1 heterocycles. The third-order valence-corrected chi connectivity index (χ3v) is 4.38. The highest BCUT2D eigenvalue weighted by Crippen LogP contribution is 2.28. The van der Waals surface area contributed by atoms with Gasteiger partial charge in [-0.15, -0.1) is 10.2 Å². The summed E-state index contributed by atoms with van der Waals surface area (Å²) in [6, 6.07) is 6.71. The highest BCUT2D eigenvalue weighted by atomic mass is 35.5. The van der Waals surface area contributed by atoms with E-state index in [1.165, 1.54) is 12.8 Å². The number of hydrogen-bond acceptors (Lipinski definition) is 4. The minimum absolute atomic E-state index is 0.700. The zero-order valence-electron chi connectivity index (χ0n) is 10.1. The lowest BCUT2D eigenvalue weighted by Crippen LogP contribution is -2.14. The molecule has 1 fully saturated rings. The first-order chi connectivity index (χ1) is 8.72. The highest BCUT2D eigenvalue weighted by molar-refractivity contribution is 7.14. The molecule has 0 radical (unpaired) electrons. The van der Waals surface area contributed by atoms with Gasteiger partial charge in [-0.05, 0) is 31.4 Å². The van der Waals surface area contributed by atoms with Gasteiger partial charge in [0, 0.05) is 23.2 Å². The van der Waals surface area contributed by atoms with E-state index < -0.39 is 0 Å². The number of hydrogen-bond donors (Lipinski definition) is 1. The van der Waals surface area contributed by atoms with Crippen LogP contribution in [0.3, 0.4) is 0 Å². The summed E-state index contributed by atoms with van der Waals surface area (Å²) in [5, 5.41) is 14.6. The quantitative estimate of drug-likeness (QED) is 0.932. The summed E-state index contributed by atoms with van der Waals surface area (Å²) in [5.74, 6) is 0. The topological polar surface area (TPSA) is 37.8 Å². The maximum atomic E-state index is 6.13. The number of nitrogens with zero attached hydrogens (tertiary/aromatic N) is 2. The minimum atomic E-state index is 0.700. The van der Waals surface area contributed by atoms with E-state index in [4.69, 9.17) is 11.6 Å².